The van der Waals surface area contributed by atoms with Crippen molar-refractivity contribution < 1.29 is 22.8 Å². The average molecular weight is 482 g/mol. The van der Waals surface area contributed by atoms with Gasteiger partial charge in [-0.3, -0.25) is 18.7 Å². The summed E-state index contributed by atoms with van der Waals surface area (Å²) in [6, 6.07) is 15.1. The maximum absolute atomic E-state index is 13.4. The third-order valence-corrected chi connectivity index (χ3v) is 8.04. The summed E-state index contributed by atoms with van der Waals surface area (Å²) in [4.78, 5) is 38.9. The first-order chi connectivity index (χ1) is 15.7. The predicted octanol–water partition coefficient (Wildman–Crippen LogP) is 3.11. The molecule has 0 spiro atoms. The maximum Gasteiger partial charge on any atom is 0.270 e. The minimum absolute atomic E-state index is 0.0174. The third-order valence-electron chi connectivity index (χ3n) is 5.74. The van der Waals surface area contributed by atoms with Gasteiger partial charge in [0.2, 0.25) is 0 Å². The molecular weight excluding hydrogens is 466 g/mol. The van der Waals surface area contributed by atoms with E-state index in [2.05, 4.69) is 0 Å². The van der Waals surface area contributed by atoms with Crippen LogP contribution >= 0.6 is 11.6 Å². The second-order valence-corrected chi connectivity index (χ2v) is 9.86. The van der Waals surface area contributed by atoms with E-state index in [4.69, 9.17) is 17.3 Å². The summed E-state index contributed by atoms with van der Waals surface area (Å²) in [6.45, 7) is 0.230. The van der Waals surface area contributed by atoms with E-state index in [0.29, 0.717) is 17.0 Å². The van der Waals surface area contributed by atoms with Crippen molar-refractivity contribution in [2.45, 2.75) is 11.3 Å². The first-order valence-electron chi connectivity index (χ1n) is 9.93. The Morgan fingerprint density at radius 3 is 2.48 bits per heavy atom. The molecule has 0 atom stereocenters. The lowest BCUT2D eigenvalue weighted by atomic mass is 10.1. The highest BCUT2D eigenvalue weighted by molar-refractivity contribution is 7.93. The van der Waals surface area contributed by atoms with Crippen molar-refractivity contribution in [3.05, 3.63) is 87.9 Å². The lowest BCUT2D eigenvalue weighted by Gasteiger charge is -2.21. The Morgan fingerprint density at radius 1 is 0.970 bits per heavy atom. The molecule has 3 aromatic rings. The number of carbonyl (C=O) groups is 3. The zero-order chi connectivity index (χ0) is 23.5. The average Bonchev–Trinajstić information content (AvgIpc) is 3.34. The fourth-order valence-electron chi connectivity index (χ4n) is 4.14. The van der Waals surface area contributed by atoms with Crippen LogP contribution in [0, 0.1) is 0 Å². The predicted molar refractivity (Wildman–Crippen MR) is 122 cm³/mol. The van der Waals surface area contributed by atoms with Gasteiger partial charge in [-0.25, -0.2) is 13.3 Å². The summed E-state index contributed by atoms with van der Waals surface area (Å²) < 4.78 is 28.1. The van der Waals surface area contributed by atoms with Crippen molar-refractivity contribution in [2.75, 3.05) is 16.6 Å². The molecule has 0 aliphatic carbocycles. The van der Waals surface area contributed by atoms with Crippen molar-refractivity contribution in [3.8, 4) is 0 Å². The highest BCUT2D eigenvalue weighted by Gasteiger charge is 2.42. The molecule has 3 amide bonds. The Labute approximate surface area is 194 Å². The topological polar surface area (TPSA) is 118 Å². The molecule has 33 heavy (non-hydrogen) atoms. The van der Waals surface area contributed by atoms with E-state index in [1.54, 1.807) is 12.1 Å². The van der Waals surface area contributed by atoms with Gasteiger partial charge in [0, 0.05) is 17.8 Å². The molecule has 2 heterocycles. The van der Waals surface area contributed by atoms with Crippen LogP contribution in [0.3, 0.4) is 0 Å². The third kappa shape index (κ3) is 3.12. The molecule has 0 saturated heterocycles. The molecule has 2 aliphatic rings. The number of benzene rings is 3. The van der Waals surface area contributed by atoms with Gasteiger partial charge in [-0.15, -0.1) is 0 Å². The first kappa shape index (κ1) is 21.2. The zero-order valence-electron chi connectivity index (χ0n) is 17.0. The van der Waals surface area contributed by atoms with Crippen LogP contribution in [0.4, 0.5) is 11.4 Å². The lowest BCUT2D eigenvalue weighted by Crippen LogP contribution is -2.36. The van der Waals surface area contributed by atoms with Crippen molar-refractivity contribution in [2.24, 2.45) is 0 Å². The second-order valence-electron chi connectivity index (χ2n) is 7.62. The molecule has 3 aromatic carbocycles. The number of hydrogen-bond donors (Lipinski definition) is 1. The number of para-hydroxylation sites is 1. The fourth-order valence-corrected chi connectivity index (χ4v) is 6.14. The molecule has 0 radical (unpaired) electrons. The number of nitrogens with two attached hydrogens (primary N) is 1. The van der Waals surface area contributed by atoms with E-state index in [-0.39, 0.29) is 38.8 Å². The van der Waals surface area contributed by atoms with Crippen molar-refractivity contribution in [3.63, 3.8) is 0 Å². The van der Waals surface area contributed by atoms with Crippen LogP contribution in [0.25, 0.3) is 0 Å². The van der Waals surface area contributed by atoms with E-state index in [1.807, 2.05) is 12.1 Å². The first-order valence-corrected chi connectivity index (χ1v) is 11.8. The minimum Gasteiger partial charge on any atom is -0.398 e. The molecule has 2 N–H and O–H groups in total. The SMILES string of the molecule is Nc1cccc2c1C(=O)N(C(=O)c1ccc(Cl)c(S(=O)(=O)N3CCc4ccccc43)c1)C2=O. The number of nitrogens with zero attached hydrogens (tertiary/aromatic N) is 2. The van der Waals surface area contributed by atoms with Crippen LogP contribution in [0.2, 0.25) is 5.02 Å². The van der Waals surface area contributed by atoms with Crippen LogP contribution in [0.5, 0.6) is 0 Å². The van der Waals surface area contributed by atoms with E-state index in [0.717, 1.165) is 11.6 Å². The highest BCUT2D eigenvalue weighted by Crippen LogP contribution is 2.36. The molecular formula is C23H16ClN3O5S. The van der Waals surface area contributed by atoms with Gasteiger partial charge in [0.15, 0.2) is 0 Å². The number of carbonyl (C=O) groups excluding carboxylic acids is 3. The van der Waals surface area contributed by atoms with Gasteiger partial charge in [-0.2, -0.15) is 0 Å². The number of sulfonamides is 1. The summed E-state index contributed by atoms with van der Waals surface area (Å²) in [6.07, 6.45) is 0.544. The second kappa shape index (κ2) is 7.43. The number of rotatable bonds is 3. The molecule has 2 aliphatic heterocycles. The number of amides is 3. The largest absolute Gasteiger partial charge is 0.398 e. The normalized spacial score (nSPS) is 15.1. The fraction of sp³-hybridized carbons (Fsp3) is 0.0870. The number of nitrogen functional groups attached to an aromatic ring is 1. The van der Waals surface area contributed by atoms with Crippen molar-refractivity contribution in [1.29, 1.82) is 0 Å². The maximum atomic E-state index is 13.4. The van der Waals surface area contributed by atoms with Crippen LogP contribution in [-0.2, 0) is 16.4 Å². The van der Waals surface area contributed by atoms with E-state index in [1.165, 1.54) is 34.6 Å². The Bertz CT molecular complexity index is 1490. The molecule has 0 fully saturated rings. The van der Waals surface area contributed by atoms with Gasteiger partial charge in [0.1, 0.15) is 4.90 Å². The quantitative estimate of drug-likeness (QED) is 0.453. The van der Waals surface area contributed by atoms with Crippen LogP contribution in [-0.4, -0.2) is 37.6 Å². The van der Waals surface area contributed by atoms with E-state index < -0.39 is 27.7 Å². The van der Waals surface area contributed by atoms with Crippen molar-refractivity contribution in [1.82, 2.24) is 4.90 Å². The van der Waals surface area contributed by atoms with Gasteiger partial charge >= 0.3 is 0 Å². The molecule has 0 aromatic heterocycles. The molecule has 5 rings (SSSR count). The van der Waals surface area contributed by atoms with Crippen LogP contribution in [0.15, 0.2) is 65.6 Å². The van der Waals surface area contributed by atoms with Crippen molar-refractivity contribution >= 4 is 50.7 Å². The Hall–Kier alpha value is -3.69. The number of hydrogen-bond acceptors (Lipinski definition) is 6. The summed E-state index contributed by atoms with van der Waals surface area (Å²) in [5.74, 6) is -2.64. The molecule has 0 bridgehead atoms. The number of fused-ring (bicyclic) bond motifs is 2. The monoisotopic (exact) mass is 481 g/mol. The molecule has 166 valence electrons. The number of anilines is 2. The standard InChI is InChI=1S/C23H16ClN3O5S/c24-16-9-8-14(21(28)27-22(29)15-5-3-6-17(25)20(15)23(27)30)12-19(16)33(31,32)26-11-10-13-4-1-2-7-18(13)26/h1-9,12H,10-11,25H2. The lowest BCUT2D eigenvalue weighted by molar-refractivity contribution is 0.0566. The summed E-state index contributed by atoms with van der Waals surface area (Å²) in [5, 5.41) is -0.0810. The Morgan fingerprint density at radius 2 is 1.73 bits per heavy atom. The molecule has 10 heteroatoms. The Balaban J connectivity index is 1.54. The summed E-state index contributed by atoms with van der Waals surface area (Å²) in [5.41, 5.74) is 7.12. The number of imide groups is 3. The molecule has 0 unspecified atom stereocenters. The van der Waals surface area contributed by atoms with Crippen LogP contribution in [0.1, 0.15) is 36.6 Å². The van der Waals surface area contributed by atoms with Gasteiger partial charge < -0.3 is 5.73 Å². The summed E-state index contributed by atoms with van der Waals surface area (Å²) >= 11 is 6.22. The Kier molecular flexibility index (Phi) is 4.77. The van der Waals surface area contributed by atoms with Gasteiger partial charge in [-0.1, -0.05) is 35.9 Å². The number of halogens is 1. The van der Waals surface area contributed by atoms with Gasteiger partial charge in [-0.05, 0) is 48.4 Å². The molecule has 8 nitrogen and oxygen atoms in total. The van der Waals surface area contributed by atoms with E-state index >= 15 is 0 Å². The van der Waals surface area contributed by atoms with E-state index in [9.17, 15) is 22.8 Å². The molecule has 0 saturated carbocycles. The highest BCUT2D eigenvalue weighted by atomic mass is 35.5. The zero-order valence-corrected chi connectivity index (χ0v) is 18.6. The smallest absolute Gasteiger partial charge is 0.270 e. The van der Waals surface area contributed by atoms with Gasteiger partial charge in [0.05, 0.1) is 21.8 Å². The summed E-state index contributed by atoms with van der Waals surface area (Å²) in [7, 11) is -4.11. The van der Waals surface area contributed by atoms with Gasteiger partial charge in [0.25, 0.3) is 27.7 Å². The van der Waals surface area contributed by atoms with Crippen LogP contribution < -0.4 is 10.0 Å². The minimum atomic E-state index is -4.11.